The van der Waals surface area contributed by atoms with Gasteiger partial charge in [0, 0.05) is 16.8 Å². The maximum absolute atomic E-state index is 14.2. The van der Waals surface area contributed by atoms with Gasteiger partial charge in [-0.05, 0) is 50.6 Å². The molecule has 1 amide bonds. The highest BCUT2D eigenvalue weighted by atomic mass is 32.1. The smallest absolute Gasteiger partial charge is 0.251 e. The van der Waals surface area contributed by atoms with Gasteiger partial charge >= 0.3 is 0 Å². The van der Waals surface area contributed by atoms with Gasteiger partial charge in [-0.2, -0.15) is 5.26 Å². The second kappa shape index (κ2) is 7.60. The standard InChI is InChI=1S/C19H16FN5OS/c1-10-4-11(2)23-18(16(10)8-21)13-5-14(7-15(20)6-13)19(26)22-9-17-25-24-12(3)27-17/h4-7H,9H2,1-3H3,(H,22,26). The number of benzene rings is 1. The minimum absolute atomic E-state index is 0.149. The zero-order valence-corrected chi connectivity index (χ0v) is 15.8. The Morgan fingerprint density at radius 2 is 2.00 bits per heavy atom. The normalized spacial score (nSPS) is 10.5. The number of hydrogen-bond donors (Lipinski definition) is 1. The molecule has 3 aromatic rings. The molecule has 0 bridgehead atoms. The summed E-state index contributed by atoms with van der Waals surface area (Å²) < 4.78 is 14.2. The van der Waals surface area contributed by atoms with E-state index in [4.69, 9.17) is 0 Å². The van der Waals surface area contributed by atoms with Crippen molar-refractivity contribution in [2.24, 2.45) is 0 Å². The quantitative estimate of drug-likeness (QED) is 0.747. The molecule has 0 saturated carbocycles. The molecule has 0 aliphatic heterocycles. The summed E-state index contributed by atoms with van der Waals surface area (Å²) in [4.78, 5) is 16.8. The molecule has 27 heavy (non-hydrogen) atoms. The first-order valence-electron chi connectivity index (χ1n) is 8.14. The summed E-state index contributed by atoms with van der Waals surface area (Å²) in [5, 5.41) is 21.4. The maximum Gasteiger partial charge on any atom is 0.251 e. The van der Waals surface area contributed by atoms with Crippen LogP contribution in [0.25, 0.3) is 11.3 Å². The summed E-state index contributed by atoms with van der Waals surface area (Å²) in [6.45, 7) is 5.63. The number of aryl methyl sites for hydroxylation is 3. The van der Waals surface area contributed by atoms with Gasteiger partial charge in [-0.1, -0.05) is 11.3 Å². The van der Waals surface area contributed by atoms with Gasteiger partial charge in [-0.25, -0.2) is 4.39 Å². The zero-order valence-electron chi connectivity index (χ0n) is 15.0. The van der Waals surface area contributed by atoms with E-state index in [1.165, 1.54) is 23.5 Å². The number of carbonyl (C=O) groups is 1. The third-order valence-electron chi connectivity index (χ3n) is 3.86. The van der Waals surface area contributed by atoms with Crippen molar-refractivity contribution in [3.05, 3.63) is 62.5 Å². The van der Waals surface area contributed by atoms with Crippen LogP contribution in [0.5, 0.6) is 0 Å². The molecule has 2 aromatic heterocycles. The molecule has 1 N–H and O–H groups in total. The summed E-state index contributed by atoms with van der Waals surface area (Å²) in [6.07, 6.45) is 0. The van der Waals surface area contributed by atoms with E-state index < -0.39 is 11.7 Å². The van der Waals surface area contributed by atoms with E-state index in [2.05, 4.69) is 26.6 Å². The first-order chi connectivity index (χ1) is 12.9. The van der Waals surface area contributed by atoms with Gasteiger partial charge < -0.3 is 5.32 Å². The van der Waals surface area contributed by atoms with Gasteiger partial charge in [0.2, 0.25) is 0 Å². The minimum atomic E-state index is -0.575. The largest absolute Gasteiger partial charge is 0.345 e. The molecule has 1 aromatic carbocycles. The molecule has 6 nitrogen and oxygen atoms in total. The van der Waals surface area contributed by atoms with Gasteiger partial charge in [0.1, 0.15) is 21.9 Å². The van der Waals surface area contributed by atoms with Crippen LogP contribution in [-0.2, 0) is 6.54 Å². The highest BCUT2D eigenvalue weighted by Gasteiger charge is 2.15. The van der Waals surface area contributed by atoms with E-state index in [-0.39, 0.29) is 12.1 Å². The molecule has 0 aliphatic carbocycles. The topological polar surface area (TPSA) is 91.6 Å². The van der Waals surface area contributed by atoms with E-state index in [0.717, 1.165) is 16.6 Å². The number of hydrogen-bond acceptors (Lipinski definition) is 6. The van der Waals surface area contributed by atoms with Crippen molar-refractivity contribution in [3.63, 3.8) is 0 Å². The van der Waals surface area contributed by atoms with Crippen LogP contribution in [0.1, 0.15) is 37.2 Å². The summed E-state index contributed by atoms with van der Waals surface area (Å²) >= 11 is 1.38. The zero-order chi connectivity index (χ0) is 19.6. The number of nitriles is 1. The fourth-order valence-corrected chi connectivity index (χ4v) is 3.36. The summed E-state index contributed by atoms with van der Waals surface area (Å²) in [7, 11) is 0. The van der Waals surface area contributed by atoms with Crippen LogP contribution in [0.2, 0.25) is 0 Å². The number of carbonyl (C=O) groups excluding carboxylic acids is 1. The van der Waals surface area contributed by atoms with E-state index >= 15 is 0 Å². The van der Waals surface area contributed by atoms with Gasteiger partial charge in [-0.15, -0.1) is 10.2 Å². The molecule has 136 valence electrons. The highest BCUT2D eigenvalue weighted by molar-refractivity contribution is 7.11. The Morgan fingerprint density at radius 1 is 1.22 bits per heavy atom. The average molecular weight is 381 g/mol. The summed E-state index contributed by atoms with van der Waals surface area (Å²) in [5.74, 6) is -1.01. The van der Waals surface area contributed by atoms with Crippen LogP contribution in [-0.4, -0.2) is 21.1 Å². The molecule has 0 saturated heterocycles. The maximum atomic E-state index is 14.2. The number of aromatic nitrogens is 3. The number of pyridine rings is 1. The molecule has 8 heteroatoms. The molecule has 3 rings (SSSR count). The van der Waals surface area contributed by atoms with Crippen molar-refractivity contribution >= 4 is 17.2 Å². The van der Waals surface area contributed by atoms with E-state index in [1.54, 1.807) is 19.9 Å². The SMILES string of the molecule is Cc1cc(C)c(C#N)c(-c2cc(F)cc(C(=O)NCc3nnc(C)s3)c2)n1. The van der Waals surface area contributed by atoms with Crippen LogP contribution in [0.4, 0.5) is 4.39 Å². The molecular weight excluding hydrogens is 365 g/mol. The van der Waals surface area contributed by atoms with Crippen LogP contribution < -0.4 is 5.32 Å². The Kier molecular flexibility index (Phi) is 5.23. The lowest BCUT2D eigenvalue weighted by molar-refractivity contribution is 0.0950. The van der Waals surface area contributed by atoms with Crippen LogP contribution in [0.3, 0.4) is 0 Å². The second-order valence-electron chi connectivity index (χ2n) is 6.04. The number of rotatable bonds is 4. The number of amides is 1. The molecule has 0 fully saturated rings. The second-order valence-corrected chi connectivity index (χ2v) is 7.31. The van der Waals surface area contributed by atoms with Crippen LogP contribution in [0, 0.1) is 37.9 Å². The number of nitrogens with zero attached hydrogens (tertiary/aromatic N) is 4. The van der Waals surface area contributed by atoms with Gasteiger partial charge in [0.05, 0.1) is 17.8 Å². The fourth-order valence-electron chi connectivity index (χ4n) is 2.71. The molecule has 0 radical (unpaired) electrons. The van der Waals surface area contributed by atoms with Crippen molar-refractivity contribution in [3.8, 4) is 17.3 Å². The van der Waals surface area contributed by atoms with Crippen molar-refractivity contribution < 1.29 is 9.18 Å². The fraction of sp³-hybridized carbons (Fsp3) is 0.211. The van der Waals surface area contributed by atoms with Crippen molar-refractivity contribution in [2.45, 2.75) is 27.3 Å². The van der Waals surface area contributed by atoms with E-state index in [0.29, 0.717) is 27.5 Å². The van der Waals surface area contributed by atoms with Gasteiger partial charge in [0.25, 0.3) is 5.91 Å². The molecule has 0 atom stereocenters. The van der Waals surface area contributed by atoms with Crippen LogP contribution >= 0.6 is 11.3 Å². The Hall–Kier alpha value is -3.18. The average Bonchev–Trinajstić information content (AvgIpc) is 3.04. The Bertz CT molecular complexity index is 1070. The molecule has 0 aliphatic rings. The number of halogens is 1. The lowest BCUT2D eigenvalue weighted by Gasteiger charge is -2.10. The summed E-state index contributed by atoms with van der Waals surface area (Å²) in [5.41, 5.74) is 2.72. The lowest BCUT2D eigenvalue weighted by atomic mass is 9.99. The predicted molar refractivity (Wildman–Crippen MR) is 99.6 cm³/mol. The first-order valence-corrected chi connectivity index (χ1v) is 8.95. The molecule has 0 unspecified atom stereocenters. The molecular formula is C19H16FN5OS. The van der Waals surface area contributed by atoms with E-state index in [9.17, 15) is 14.4 Å². The minimum Gasteiger partial charge on any atom is -0.345 e. The van der Waals surface area contributed by atoms with Crippen molar-refractivity contribution in [2.75, 3.05) is 0 Å². The first kappa shape index (κ1) is 18.6. The third kappa shape index (κ3) is 4.15. The number of nitrogens with one attached hydrogen (secondary N) is 1. The third-order valence-corrected chi connectivity index (χ3v) is 4.70. The Labute approximate surface area is 159 Å². The Balaban J connectivity index is 1.93. The van der Waals surface area contributed by atoms with Gasteiger partial charge in [0.15, 0.2) is 0 Å². The van der Waals surface area contributed by atoms with Crippen LogP contribution in [0.15, 0.2) is 24.3 Å². The molecule has 2 heterocycles. The summed E-state index contributed by atoms with van der Waals surface area (Å²) in [6, 6.07) is 7.85. The van der Waals surface area contributed by atoms with Crippen molar-refractivity contribution in [1.82, 2.24) is 20.5 Å². The highest BCUT2D eigenvalue weighted by Crippen LogP contribution is 2.26. The lowest BCUT2D eigenvalue weighted by Crippen LogP contribution is -2.23. The Morgan fingerprint density at radius 3 is 2.67 bits per heavy atom. The van der Waals surface area contributed by atoms with Crippen molar-refractivity contribution in [1.29, 1.82) is 5.26 Å². The van der Waals surface area contributed by atoms with E-state index in [1.807, 2.05) is 6.92 Å². The monoisotopic (exact) mass is 381 g/mol. The molecule has 0 spiro atoms. The predicted octanol–water partition coefficient (Wildman–Crippen LogP) is 3.47. The van der Waals surface area contributed by atoms with Gasteiger partial charge in [-0.3, -0.25) is 9.78 Å².